The van der Waals surface area contributed by atoms with Gasteiger partial charge in [-0.05, 0) is 42.3 Å². The Labute approximate surface area is 172 Å². The van der Waals surface area contributed by atoms with Crippen LogP contribution in [0.5, 0.6) is 0 Å². The minimum atomic E-state index is -0.623. The van der Waals surface area contributed by atoms with E-state index in [-0.39, 0.29) is 10.9 Å². The Hall–Kier alpha value is -3.37. The standard InChI is InChI=1S/C21H18ClN3O4/c22-18-10-17(8-7-16(18)11-23)24-19(26)13-29-21(28)15-5-3-14(4-6-15)12-25-9-1-2-20(25)27/h3-8,10H,1-2,9,12-13H2,(H,24,26). The Kier molecular flexibility index (Phi) is 6.47. The normalized spacial score (nSPS) is 13.1. The molecule has 8 heteroatoms. The molecule has 0 spiro atoms. The number of nitriles is 1. The van der Waals surface area contributed by atoms with E-state index in [2.05, 4.69) is 5.32 Å². The van der Waals surface area contributed by atoms with Crippen LogP contribution >= 0.6 is 11.6 Å². The quantitative estimate of drug-likeness (QED) is 0.736. The highest BCUT2D eigenvalue weighted by atomic mass is 35.5. The molecule has 2 amide bonds. The second-order valence-electron chi connectivity index (χ2n) is 6.55. The first kappa shape index (κ1) is 20.4. The van der Waals surface area contributed by atoms with Gasteiger partial charge in [0.05, 0.1) is 16.1 Å². The number of ether oxygens (including phenoxy) is 1. The molecule has 0 radical (unpaired) electrons. The van der Waals surface area contributed by atoms with Crippen LogP contribution in [0.25, 0.3) is 0 Å². The number of rotatable bonds is 6. The number of benzene rings is 2. The first-order valence-electron chi connectivity index (χ1n) is 8.99. The maximum absolute atomic E-state index is 12.1. The highest BCUT2D eigenvalue weighted by Crippen LogP contribution is 2.20. The van der Waals surface area contributed by atoms with Crippen molar-refractivity contribution in [3.63, 3.8) is 0 Å². The third-order valence-electron chi connectivity index (χ3n) is 4.44. The number of anilines is 1. The van der Waals surface area contributed by atoms with Gasteiger partial charge in [0.2, 0.25) is 5.91 Å². The van der Waals surface area contributed by atoms with Gasteiger partial charge in [-0.2, -0.15) is 5.26 Å². The van der Waals surface area contributed by atoms with E-state index in [1.165, 1.54) is 18.2 Å². The summed E-state index contributed by atoms with van der Waals surface area (Å²) < 4.78 is 5.03. The van der Waals surface area contributed by atoms with E-state index in [1.54, 1.807) is 29.2 Å². The Bertz CT molecular complexity index is 982. The number of carbonyl (C=O) groups is 3. The number of amides is 2. The predicted molar refractivity (Wildman–Crippen MR) is 106 cm³/mol. The Balaban J connectivity index is 1.49. The average Bonchev–Trinajstić information content (AvgIpc) is 3.11. The van der Waals surface area contributed by atoms with Gasteiger partial charge in [-0.15, -0.1) is 0 Å². The van der Waals surface area contributed by atoms with Crippen LogP contribution in [0.3, 0.4) is 0 Å². The van der Waals surface area contributed by atoms with Crippen LogP contribution in [0.4, 0.5) is 5.69 Å². The third kappa shape index (κ3) is 5.33. The number of hydrogen-bond acceptors (Lipinski definition) is 5. The molecule has 1 fully saturated rings. The maximum Gasteiger partial charge on any atom is 0.338 e. The summed E-state index contributed by atoms with van der Waals surface area (Å²) in [7, 11) is 0. The summed E-state index contributed by atoms with van der Waals surface area (Å²) in [6, 6.07) is 13.1. The molecule has 0 bridgehead atoms. The SMILES string of the molecule is N#Cc1ccc(NC(=O)COC(=O)c2ccc(CN3CCCC3=O)cc2)cc1Cl. The molecule has 1 saturated heterocycles. The van der Waals surface area contributed by atoms with Gasteiger partial charge in [0.15, 0.2) is 6.61 Å². The fourth-order valence-electron chi connectivity index (χ4n) is 2.93. The van der Waals surface area contributed by atoms with E-state index >= 15 is 0 Å². The zero-order chi connectivity index (χ0) is 20.8. The molecule has 1 aliphatic rings. The van der Waals surface area contributed by atoms with E-state index < -0.39 is 18.5 Å². The van der Waals surface area contributed by atoms with Crippen molar-refractivity contribution in [1.82, 2.24) is 4.90 Å². The zero-order valence-electron chi connectivity index (χ0n) is 15.5. The first-order chi connectivity index (χ1) is 14.0. The maximum atomic E-state index is 12.1. The van der Waals surface area contributed by atoms with Crippen molar-refractivity contribution in [2.75, 3.05) is 18.5 Å². The van der Waals surface area contributed by atoms with Crippen LogP contribution < -0.4 is 5.32 Å². The molecule has 0 unspecified atom stereocenters. The number of hydrogen-bond donors (Lipinski definition) is 1. The number of likely N-dealkylation sites (tertiary alicyclic amines) is 1. The molecule has 1 aliphatic heterocycles. The molecule has 7 nitrogen and oxygen atoms in total. The van der Waals surface area contributed by atoms with Gasteiger partial charge in [-0.3, -0.25) is 9.59 Å². The summed E-state index contributed by atoms with van der Waals surface area (Å²) in [5, 5.41) is 11.6. The van der Waals surface area contributed by atoms with Gasteiger partial charge < -0.3 is 15.0 Å². The molecule has 0 aliphatic carbocycles. The summed E-state index contributed by atoms with van der Waals surface area (Å²) in [5.74, 6) is -1.01. The van der Waals surface area contributed by atoms with Crippen molar-refractivity contribution in [1.29, 1.82) is 5.26 Å². The number of nitrogens with zero attached hydrogens (tertiary/aromatic N) is 2. The number of halogens is 1. The van der Waals surface area contributed by atoms with Gasteiger partial charge in [-0.1, -0.05) is 23.7 Å². The second-order valence-corrected chi connectivity index (χ2v) is 6.95. The lowest BCUT2D eigenvalue weighted by atomic mass is 10.1. The Morgan fingerprint density at radius 3 is 2.59 bits per heavy atom. The molecule has 1 N–H and O–H groups in total. The minimum Gasteiger partial charge on any atom is -0.452 e. The number of carbonyl (C=O) groups excluding carboxylic acids is 3. The van der Waals surface area contributed by atoms with Gasteiger partial charge in [0.25, 0.3) is 5.91 Å². The zero-order valence-corrected chi connectivity index (χ0v) is 16.2. The van der Waals surface area contributed by atoms with Crippen LogP contribution in [0.2, 0.25) is 5.02 Å². The highest BCUT2D eigenvalue weighted by molar-refractivity contribution is 6.32. The van der Waals surface area contributed by atoms with E-state index in [9.17, 15) is 14.4 Å². The fourth-order valence-corrected chi connectivity index (χ4v) is 3.16. The molecule has 0 saturated carbocycles. The smallest absolute Gasteiger partial charge is 0.338 e. The van der Waals surface area contributed by atoms with Crippen LogP contribution in [0.1, 0.15) is 34.3 Å². The van der Waals surface area contributed by atoms with E-state index in [4.69, 9.17) is 21.6 Å². The van der Waals surface area contributed by atoms with Gasteiger partial charge >= 0.3 is 5.97 Å². The lowest BCUT2D eigenvalue weighted by Crippen LogP contribution is -2.23. The molecule has 0 aromatic heterocycles. The molecule has 29 heavy (non-hydrogen) atoms. The predicted octanol–water partition coefficient (Wildman–Crippen LogP) is 3.13. The average molecular weight is 412 g/mol. The molecule has 1 heterocycles. The number of esters is 1. The molecule has 148 valence electrons. The molecular formula is C21H18ClN3O4. The van der Waals surface area contributed by atoms with Gasteiger partial charge in [-0.25, -0.2) is 4.79 Å². The fraction of sp³-hybridized carbons (Fsp3) is 0.238. The van der Waals surface area contributed by atoms with Crippen molar-refractivity contribution in [3.8, 4) is 6.07 Å². The first-order valence-corrected chi connectivity index (χ1v) is 9.37. The molecule has 0 atom stereocenters. The highest BCUT2D eigenvalue weighted by Gasteiger charge is 2.20. The molecular weight excluding hydrogens is 394 g/mol. The summed E-state index contributed by atoms with van der Waals surface area (Å²) in [5.41, 5.74) is 1.94. The summed E-state index contributed by atoms with van der Waals surface area (Å²) in [6.07, 6.45) is 1.46. The third-order valence-corrected chi connectivity index (χ3v) is 4.75. The summed E-state index contributed by atoms with van der Waals surface area (Å²) in [4.78, 5) is 37.5. The van der Waals surface area contributed by atoms with E-state index in [0.717, 1.165) is 18.5 Å². The summed E-state index contributed by atoms with van der Waals surface area (Å²) >= 11 is 5.91. The topological polar surface area (TPSA) is 99.5 Å². The van der Waals surface area contributed by atoms with Crippen molar-refractivity contribution in [2.45, 2.75) is 19.4 Å². The summed E-state index contributed by atoms with van der Waals surface area (Å²) in [6.45, 7) is 0.812. The Morgan fingerprint density at radius 1 is 1.21 bits per heavy atom. The van der Waals surface area contributed by atoms with Crippen LogP contribution in [-0.2, 0) is 20.9 Å². The lowest BCUT2D eigenvalue weighted by molar-refractivity contribution is -0.128. The van der Waals surface area contributed by atoms with Crippen LogP contribution in [0.15, 0.2) is 42.5 Å². The van der Waals surface area contributed by atoms with Crippen molar-refractivity contribution in [2.24, 2.45) is 0 Å². The number of nitrogens with one attached hydrogen (secondary N) is 1. The van der Waals surface area contributed by atoms with Gasteiger partial charge in [0, 0.05) is 25.2 Å². The van der Waals surface area contributed by atoms with E-state index in [0.29, 0.717) is 29.8 Å². The van der Waals surface area contributed by atoms with Crippen molar-refractivity contribution >= 4 is 35.1 Å². The monoisotopic (exact) mass is 411 g/mol. The van der Waals surface area contributed by atoms with E-state index in [1.807, 2.05) is 6.07 Å². The van der Waals surface area contributed by atoms with Gasteiger partial charge in [0.1, 0.15) is 6.07 Å². The van der Waals surface area contributed by atoms with Crippen molar-refractivity contribution < 1.29 is 19.1 Å². The second kappa shape index (κ2) is 9.22. The minimum absolute atomic E-state index is 0.142. The molecule has 3 rings (SSSR count). The van der Waals surface area contributed by atoms with Crippen LogP contribution in [0, 0.1) is 11.3 Å². The Morgan fingerprint density at radius 2 is 1.97 bits per heavy atom. The van der Waals surface area contributed by atoms with Crippen molar-refractivity contribution in [3.05, 3.63) is 64.2 Å². The van der Waals surface area contributed by atoms with Crippen LogP contribution in [-0.4, -0.2) is 35.8 Å². The molecule has 2 aromatic carbocycles. The lowest BCUT2D eigenvalue weighted by Gasteiger charge is -2.15. The largest absolute Gasteiger partial charge is 0.452 e. The molecule has 2 aromatic rings.